The van der Waals surface area contributed by atoms with E-state index in [-0.39, 0.29) is 11.8 Å². The number of carbonyl (C=O) groups is 2. The van der Waals surface area contributed by atoms with Crippen LogP contribution in [0.25, 0.3) is 0 Å². The van der Waals surface area contributed by atoms with Crippen LogP contribution >= 0.6 is 11.8 Å². The summed E-state index contributed by atoms with van der Waals surface area (Å²) in [6, 6.07) is 4.31. The molecule has 0 bridgehead atoms. The second-order valence-corrected chi connectivity index (χ2v) is 7.72. The molecule has 1 aliphatic heterocycles. The lowest BCUT2D eigenvalue weighted by molar-refractivity contribution is -0.130. The predicted molar refractivity (Wildman–Crippen MR) is 94.7 cm³/mol. The van der Waals surface area contributed by atoms with Crippen molar-refractivity contribution in [2.24, 2.45) is 5.92 Å². The number of likely N-dealkylation sites (tertiary alicyclic amines) is 1. The summed E-state index contributed by atoms with van der Waals surface area (Å²) in [6.45, 7) is 1.65. The number of nitrogens with one attached hydrogen (secondary N) is 1. The average molecular weight is 347 g/mol. The van der Waals surface area contributed by atoms with E-state index in [1.54, 1.807) is 24.2 Å². The third kappa shape index (κ3) is 5.51. The van der Waals surface area contributed by atoms with E-state index in [9.17, 15) is 9.59 Å². The molecule has 3 rings (SSSR count). The number of carbonyl (C=O) groups excluding carboxylic acids is 2. The number of nitrogens with zero attached hydrogens (tertiary/aromatic N) is 2. The minimum Gasteiger partial charge on any atom is -0.353 e. The lowest BCUT2D eigenvalue weighted by atomic mass is 9.92. The Kier molecular flexibility index (Phi) is 6.12. The Morgan fingerprint density at radius 2 is 1.88 bits per heavy atom. The van der Waals surface area contributed by atoms with Crippen LogP contribution < -0.4 is 5.32 Å². The van der Waals surface area contributed by atoms with Gasteiger partial charge in [0.05, 0.1) is 5.75 Å². The van der Waals surface area contributed by atoms with Crippen molar-refractivity contribution in [1.29, 1.82) is 0 Å². The molecule has 1 aromatic heterocycles. The molecule has 24 heavy (non-hydrogen) atoms. The van der Waals surface area contributed by atoms with Crippen molar-refractivity contribution in [3.8, 4) is 0 Å². The smallest absolute Gasteiger partial charge is 0.232 e. The highest BCUT2D eigenvalue weighted by atomic mass is 32.2. The van der Waals surface area contributed by atoms with Crippen LogP contribution in [0, 0.1) is 5.92 Å². The molecule has 6 heteroatoms. The van der Waals surface area contributed by atoms with Crippen molar-refractivity contribution in [1.82, 2.24) is 15.2 Å². The molecule has 0 unspecified atom stereocenters. The van der Waals surface area contributed by atoms with Gasteiger partial charge in [-0.3, -0.25) is 14.6 Å². The first-order valence-corrected chi connectivity index (χ1v) is 9.79. The Labute approximate surface area is 147 Å². The van der Waals surface area contributed by atoms with E-state index in [0.717, 1.165) is 50.1 Å². The maximum atomic E-state index is 12.3. The fraction of sp³-hybridized carbons (Fsp3) is 0.611. The van der Waals surface area contributed by atoms with Crippen LogP contribution in [0.3, 0.4) is 0 Å². The summed E-state index contributed by atoms with van der Waals surface area (Å²) in [6.07, 6.45) is 9.40. The number of rotatable bonds is 7. The maximum absolute atomic E-state index is 12.3. The molecule has 1 aromatic rings. The molecule has 0 aromatic carbocycles. The number of thioether (sulfide) groups is 1. The zero-order chi connectivity index (χ0) is 16.8. The first-order valence-electron chi connectivity index (χ1n) is 8.80. The van der Waals surface area contributed by atoms with Crippen molar-refractivity contribution in [2.45, 2.75) is 49.5 Å². The molecule has 0 radical (unpaired) electrons. The van der Waals surface area contributed by atoms with Crippen molar-refractivity contribution in [3.05, 3.63) is 24.5 Å². The number of piperidine rings is 1. The fourth-order valence-electron chi connectivity index (χ4n) is 3.00. The Hall–Kier alpha value is -1.56. The fourth-order valence-corrected chi connectivity index (χ4v) is 3.79. The van der Waals surface area contributed by atoms with E-state index >= 15 is 0 Å². The highest BCUT2D eigenvalue weighted by Crippen LogP contribution is 2.24. The number of amides is 2. The summed E-state index contributed by atoms with van der Waals surface area (Å²) in [7, 11) is 0. The van der Waals surface area contributed by atoms with Gasteiger partial charge in [-0.05, 0) is 50.2 Å². The van der Waals surface area contributed by atoms with Gasteiger partial charge in [0.25, 0.3) is 0 Å². The third-order valence-electron chi connectivity index (χ3n) is 4.70. The van der Waals surface area contributed by atoms with Gasteiger partial charge in [0.15, 0.2) is 0 Å². The van der Waals surface area contributed by atoms with Crippen molar-refractivity contribution in [3.63, 3.8) is 0 Å². The molecular formula is C18H25N3O2S. The monoisotopic (exact) mass is 347 g/mol. The van der Waals surface area contributed by atoms with E-state index in [2.05, 4.69) is 10.3 Å². The molecule has 2 fully saturated rings. The summed E-state index contributed by atoms with van der Waals surface area (Å²) >= 11 is 1.56. The zero-order valence-corrected chi connectivity index (χ0v) is 14.8. The maximum Gasteiger partial charge on any atom is 0.232 e. The van der Waals surface area contributed by atoms with Gasteiger partial charge >= 0.3 is 0 Å². The molecule has 1 N–H and O–H groups in total. The molecule has 2 heterocycles. The number of hydrogen-bond acceptors (Lipinski definition) is 4. The normalized spacial score (nSPS) is 18.4. The summed E-state index contributed by atoms with van der Waals surface area (Å²) in [5, 5.41) is 3.04. The topological polar surface area (TPSA) is 62.3 Å². The van der Waals surface area contributed by atoms with Gasteiger partial charge < -0.3 is 10.2 Å². The molecule has 1 saturated heterocycles. The van der Waals surface area contributed by atoms with Crippen molar-refractivity contribution >= 4 is 23.6 Å². The summed E-state index contributed by atoms with van der Waals surface area (Å²) in [5.74, 6) is 1.47. The van der Waals surface area contributed by atoms with Gasteiger partial charge in [-0.25, -0.2) is 0 Å². The largest absolute Gasteiger partial charge is 0.353 e. The van der Waals surface area contributed by atoms with E-state index < -0.39 is 0 Å². The molecule has 2 aliphatic rings. The van der Waals surface area contributed by atoms with Crippen LogP contribution in [-0.4, -0.2) is 46.6 Å². The molecule has 1 aliphatic carbocycles. The Morgan fingerprint density at radius 3 is 2.54 bits per heavy atom. The molecule has 0 atom stereocenters. The quantitative estimate of drug-likeness (QED) is 0.770. The van der Waals surface area contributed by atoms with Crippen LogP contribution in [0.2, 0.25) is 0 Å². The van der Waals surface area contributed by atoms with E-state index in [1.165, 1.54) is 0 Å². The van der Waals surface area contributed by atoms with Crippen LogP contribution in [0.5, 0.6) is 0 Å². The van der Waals surface area contributed by atoms with Crippen LogP contribution in [0.15, 0.2) is 29.4 Å². The number of hydrogen-bond donors (Lipinski definition) is 1. The van der Waals surface area contributed by atoms with E-state index in [1.807, 2.05) is 17.0 Å². The zero-order valence-electron chi connectivity index (χ0n) is 13.9. The molecule has 2 amide bonds. The molecule has 5 nitrogen and oxygen atoms in total. The summed E-state index contributed by atoms with van der Waals surface area (Å²) in [4.78, 5) is 31.1. The first-order chi connectivity index (χ1) is 11.7. The van der Waals surface area contributed by atoms with Gasteiger partial charge in [0.1, 0.15) is 0 Å². The van der Waals surface area contributed by atoms with Gasteiger partial charge in [-0.15, -0.1) is 11.8 Å². The Morgan fingerprint density at radius 1 is 1.17 bits per heavy atom. The van der Waals surface area contributed by atoms with Crippen LogP contribution in [-0.2, 0) is 9.59 Å². The molecule has 130 valence electrons. The average Bonchev–Trinajstić information content (AvgIpc) is 3.43. The lowest BCUT2D eigenvalue weighted by Crippen LogP contribution is -2.39. The second-order valence-electron chi connectivity index (χ2n) is 6.68. The van der Waals surface area contributed by atoms with Gasteiger partial charge in [0, 0.05) is 42.8 Å². The van der Waals surface area contributed by atoms with E-state index in [0.29, 0.717) is 24.1 Å². The summed E-state index contributed by atoms with van der Waals surface area (Å²) < 4.78 is 0. The van der Waals surface area contributed by atoms with Gasteiger partial charge in [0.2, 0.25) is 11.8 Å². The van der Waals surface area contributed by atoms with Gasteiger partial charge in [-0.1, -0.05) is 0 Å². The molecular weight excluding hydrogens is 322 g/mol. The van der Waals surface area contributed by atoms with Gasteiger partial charge in [-0.2, -0.15) is 0 Å². The minimum absolute atomic E-state index is 0.199. The number of aromatic nitrogens is 1. The van der Waals surface area contributed by atoms with Crippen LogP contribution in [0.4, 0.5) is 0 Å². The van der Waals surface area contributed by atoms with Crippen molar-refractivity contribution < 1.29 is 9.59 Å². The standard InChI is InChI=1S/C18H25N3O2S/c22-17(20-15-2-3-15)4-1-14-7-11-21(12-8-14)18(23)13-24-16-5-9-19-10-6-16/h5-6,9-10,14-15H,1-4,7-8,11-13H2,(H,20,22). The SMILES string of the molecule is O=C(CCC1CCN(C(=O)CSc2ccncc2)CC1)NC1CC1. The Bertz CT molecular complexity index is 555. The van der Waals surface area contributed by atoms with Crippen LogP contribution in [0.1, 0.15) is 38.5 Å². The lowest BCUT2D eigenvalue weighted by Gasteiger charge is -2.32. The number of pyridine rings is 1. The molecule has 1 saturated carbocycles. The van der Waals surface area contributed by atoms with E-state index in [4.69, 9.17) is 0 Å². The first kappa shape index (κ1) is 17.3. The van der Waals surface area contributed by atoms with Crippen molar-refractivity contribution in [2.75, 3.05) is 18.8 Å². The third-order valence-corrected chi connectivity index (χ3v) is 5.70. The summed E-state index contributed by atoms with van der Waals surface area (Å²) in [5.41, 5.74) is 0. The second kappa shape index (κ2) is 8.51. The highest BCUT2D eigenvalue weighted by Gasteiger charge is 2.25. The predicted octanol–water partition coefficient (Wildman–Crippen LogP) is 2.47. The molecule has 0 spiro atoms. The highest BCUT2D eigenvalue weighted by molar-refractivity contribution is 8.00. The Balaban J connectivity index is 1.32. The minimum atomic E-state index is 0.199.